The Morgan fingerprint density at radius 2 is 1.91 bits per heavy atom. The molecule has 122 valence electrons. The van der Waals surface area contributed by atoms with E-state index >= 15 is 0 Å². The van der Waals surface area contributed by atoms with Crippen molar-refractivity contribution >= 4 is 14.5 Å². The van der Waals surface area contributed by atoms with E-state index in [2.05, 4.69) is 5.09 Å². The number of hydrogen-bond donors (Lipinski definition) is 1. The van der Waals surface area contributed by atoms with Gasteiger partial charge in [0.2, 0.25) is 0 Å². The number of nitrogens with one attached hydrogen (secondary N) is 1. The Kier molecular flexibility index (Phi) is 7.10. The number of carbonyl (C=O) groups excluding carboxylic acids is 1. The molecular formula is C16H24NO4P. The van der Waals surface area contributed by atoms with Crippen LogP contribution in [0.25, 0.3) is 0 Å². The number of hydrogen-bond acceptors (Lipinski definition) is 5. The van der Waals surface area contributed by atoms with Crippen LogP contribution in [0.4, 0.5) is 0 Å². The molecule has 0 spiro atoms. The van der Waals surface area contributed by atoms with Crippen molar-refractivity contribution in [3.05, 3.63) is 30.3 Å². The van der Waals surface area contributed by atoms with Gasteiger partial charge in [-0.25, -0.2) is 5.09 Å². The fourth-order valence-electron chi connectivity index (χ4n) is 2.35. The van der Waals surface area contributed by atoms with Gasteiger partial charge in [-0.3, -0.25) is 4.79 Å². The molecular weight excluding hydrogens is 301 g/mol. The maximum atomic E-state index is 12.1. The minimum absolute atomic E-state index is 0.0642. The van der Waals surface area contributed by atoms with E-state index in [0.717, 1.165) is 25.7 Å². The first-order chi connectivity index (χ1) is 10.7. The number of para-hydroxylation sites is 1. The molecule has 1 aromatic rings. The number of ether oxygens (including phenoxy) is 1. The molecule has 1 N–H and O–H groups in total. The Balaban J connectivity index is 1.80. The molecule has 2 atom stereocenters. The van der Waals surface area contributed by atoms with Crippen LogP contribution in [0.3, 0.4) is 0 Å². The molecule has 2 unspecified atom stereocenters. The van der Waals surface area contributed by atoms with Crippen LogP contribution in [-0.4, -0.2) is 25.2 Å². The van der Waals surface area contributed by atoms with Crippen molar-refractivity contribution in [2.75, 3.05) is 7.11 Å². The van der Waals surface area contributed by atoms with Gasteiger partial charge in [-0.15, -0.1) is 0 Å². The summed E-state index contributed by atoms with van der Waals surface area (Å²) in [6.45, 7) is 1.77. The molecule has 0 radical (unpaired) electrons. The summed E-state index contributed by atoms with van der Waals surface area (Å²) in [5, 5.41) is 3.05. The average molecular weight is 325 g/mol. The molecule has 0 aromatic heterocycles. The molecule has 6 heteroatoms. The van der Waals surface area contributed by atoms with Gasteiger partial charge in [0.15, 0.2) is 0 Å². The summed E-state index contributed by atoms with van der Waals surface area (Å²) in [5.41, 5.74) is 0. The summed E-state index contributed by atoms with van der Waals surface area (Å²) in [7, 11) is 0.176. The van der Waals surface area contributed by atoms with E-state index < -0.39 is 14.6 Å². The van der Waals surface area contributed by atoms with E-state index in [0.29, 0.717) is 5.75 Å². The lowest BCUT2D eigenvalue weighted by Gasteiger charge is -2.25. The first kappa shape index (κ1) is 17.2. The molecule has 1 aliphatic rings. The molecule has 5 nitrogen and oxygen atoms in total. The van der Waals surface area contributed by atoms with Gasteiger partial charge in [0.1, 0.15) is 17.9 Å². The second-order valence-electron chi connectivity index (χ2n) is 5.39. The molecule has 0 aliphatic heterocycles. The summed E-state index contributed by atoms with van der Waals surface area (Å²) in [4.78, 5) is 12.1. The lowest BCUT2D eigenvalue weighted by Crippen LogP contribution is -2.36. The zero-order chi connectivity index (χ0) is 15.8. The van der Waals surface area contributed by atoms with E-state index in [9.17, 15) is 4.79 Å². The summed E-state index contributed by atoms with van der Waals surface area (Å²) in [6.07, 6.45) is 5.52. The molecule has 2 rings (SSSR count). The van der Waals surface area contributed by atoms with Gasteiger partial charge in [0.05, 0.1) is 0 Å². The van der Waals surface area contributed by atoms with Crippen LogP contribution in [0.2, 0.25) is 0 Å². The Morgan fingerprint density at radius 1 is 1.23 bits per heavy atom. The van der Waals surface area contributed by atoms with Gasteiger partial charge < -0.3 is 13.8 Å². The van der Waals surface area contributed by atoms with Gasteiger partial charge in [0, 0.05) is 7.11 Å². The van der Waals surface area contributed by atoms with Gasteiger partial charge in [-0.05, 0) is 44.7 Å². The van der Waals surface area contributed by atoms with Crippen molar-refractivity contribution in [1.82, 2.24) is 5.09 Å². The van der Waals surface area contributed by atoms with Crippen molar-refractivity contribution in [1.29, 1.82) is 0 Å². The van der Waals surface area contributed by atoms with Gasteiger partial charge in [-0.1, -0.05) is 24.6 Å². The minimum atomic E-state index is -1.38. The third-order valence-electron chi connectivity index (χ3n) is 3.58. The Labute approximate surface area is 133 Å². The summed E-state index contributed by atoms with van der Waals surface area (Å²) in [6, 6.07) is 8.93. The summed E-state index contributed by atoms with van der Waals surface area (Å²) in [5.74, 6) is 0.462. The van der Waals surface area contributed by atoms with Gasteiger partial charge >= 0.3 is 14.5 Å². The summed E-state index contributed by atoms with van der Waals surface area (Å²) >= 11 is 0. The van der Waals surface area contributed by atoms with Crippen molar-refractivity contribution in [3.63, 3.8) is 0 Å². The fraction of sp³-hybridized carbons (Fsp3) is 0.562. The van der Waals surface area contributed by atoms with E-state index in [4.69, 9.17) is 13.8 Å². The molecule has 1 aliphatic carbocycles. The first-order valence-corrected chi connectivity index (χ1v) is 8.90. The van der Waals surface area contributed by atoms with Crippen molar-refractivity contribution in [3.8, 4) is 5.75 Å². The Bertz CT molecular complexity index is 451. The first-order valence-electron chi connectivity index (χ1n) is 7.73. The normalized spacial score (nSPS) is 18.5. The largest absolute Gasteiger partial charge is 0.461 e. The predicted octanol–water partition coefficient (Wildman–Crippen LogP) is 3.79. The highest BCUT2D eigenvalue weighted by Gasteiger charge is 2.25. The number of carbonyl (C=O) groups is 1. The lowest BCUT2D eigenvalue weighted by molar-refractivity contribution is -0.152. The molecule has 0 amide bonds. The van der Waals surface area contributed by atoms with E-state index in [1.807, 2.05) is 30.3 Å². The van der Waals surface area contributed by atoms with E-state index in [1.54, 1.807) is 14.0 Å². The fourth-order valence-corrected chi connectivity index (χ4v) is 3.32. The van der Waals surface area contributed by atoms with Crippen molar-refractivity contribution in [2.24, 2.45) is 0 Å². The molecule has 0 saturated heterocycles. The third-order valence-corrected chi connectivity index (χ3v) is 4.89. The zero-order valence-electron chi connectivity index (χ0n) is 13.2. The quantitative estimate of drug-likeness (QED) is 0.610. The average Bonchev–Trinajstić information content (AvgIpc) is 2.56. The SMILES string of the molecule is COP(NC(C)C(=O)OC1CCCCC1)Oc1ccccc1. The van der Waals surface area contributed by atoms with Gasteiger partial charge in [0.25, 0.3) is 0 Å². The molecule has 1 saturated carbocycles. The van der Waals surface area contributed by atoms with Crippen LogP contribution in [0.5, 0.6) is 5.75 Å². The smallest absolute Gasteiger partial charge is 0.323 e. The number of rotatable bonds is 7. The monoisotopic (exact) mass is 325 g/mol. The number of esters is 1. The van der Waals surface area contributed by atoms with Crippen LogP contribution in [-0.2, 0) is 14.1 Å². The minimum Gasteiger partial charge on any atom is -0.461 e. The molecule has 0 bridgehead atoms. The maximum Gasteiger partial charge on any atom is 0.323 e. The highest BCUT2D eigenvalue weighted by Crippen LogP contribution is 2.35. The predicted molar refractivity (Wildman–Crippen MR) is 86.6 cm³/mol. The van der Waals surface area contributed by atoms with Crippen LogP contribution in [0.15, 0.2) is 30.3 Å². The Morgan fingerprint density at radius 3 is 2.55 bits per heavy atom. The van der Waals surface area contributed by atoms with Crippen molar-refractivity contribution in [2.45, 2.75) is 51.2 Å². The topological polar surface area (TPSA) is 56.8 Å². The molecule has 22 heavy (non-hydrogen) atoms. The molecule has 1 aromatic carbocycles. The lowest BCUT2D eigenvalue weighted by atomic mass is 9.98. The molecule has 1 fully saturated rings. The second kappa shape index (κ2) is 9.09. The van der Waals surface area contributed by atoms with Gasteiger partial charge in [-0.2, -0.15) is 0 Å². The second-order valence-corrected chi connectivity index (χ2v) is 6.71. The van der Waals surface area contributed by atoms with Crippen LogP contribution < -0.4 is 9.61 Å². The highest BCUT2D eigenvalue weighted by molar-refractivity contribution is 7.45. The van der Waals surface area contributed by atoms with E-state index in [1.165, 1.54) is 6.42 Å². The number of benzene rings is 1. The maximum absolute atomic E-state index is 12.1. The standard InChI is InChI=1S/C16H24NO4P/c1-13(16(18)20-14-9-5-3-6-10-14)17-22(19-2)21-15-11-7-4-8-12-15/h4,7-8,11-14,17H,3,5-6,9-10H2,1-2H3. The Hall–Kier alpha value is -1.16. The zero-order valence-corrected chi connectivity index (χ0v) is 14.1. The van der Waals surface area contributed by atoms with Crippen LogP contribution in [0, 0.1) is 0 Å². The highest BCUT2D eigenvalue weighted by atomic mass is 31.2. The van der Waals surface area contributed by atoms with Crippen LogP contribution in [0.1, 0.15) is 39.0 Å². The molecule has 0 heterocycles. The third kappa shape index (κ3) is 5.56. The van der Waals surface area contributed by atoms with Crippen molar-refractivity contribution < 1.29 is 18.6 Å². The van der Waals surface area contributed by atoms with Crippen LogP contribution >= 0.6 is 8.53 Å². The van der Waals surface area contributed by atoms with E-state index in [-0.39, 0.29) is 12.1 Å². The summed E-state index contributed by atoms with van der Waals surface area (Å²) < 4.78 is 16.5.